The molecule has 5 nitrogen and oxygen atoms in total. The summed E-state index contributed by atoms with van der Waals surface area (Å²) in [5.74, 6) is -0.979. The number of anilines is 1. The van der Waals surface area contributed by atoms with Crippen LogP contribution in [-0.2, 0) is 27.2 Å². The summed E-state index contributed by atoms with van der Waals surface area (Å²) in [6.07, 6.45) is 1.92. The Hall–Kier alpha value is -2.17. The molecule has 1 aliphatic heterocycles. The minimum absolute atomic E-state index is 0.0500. The minimum Gasteiger partial charge on any atom is -0.349 e. The summed E-state index contributed by atoms with van der Waals surface area (Å²) in [6.45, 7) is 1.68. The number of amides is 2. The van der Waals surface area contributed by atoms with Gasteiger partial charge in [-0.15, -0.1) is 0 Å². The standard InChI is InChI=1S/C14H16N2O3/c1-9(17)14(19)15-7-6-10-2-4-12-11(8-10)3-5-13(18)16-12/h2,4,8H,3,5-7H2,1H3,(H,15,19)(H,16,18). The van der Waals surface area contributed by atoms with Crippen molar-refractivity contribution >= 4 is 23.3 Å². The minimum atomic E-state index is -0.551. The van der Waals surface area contributed by atoms with Gasteiger partial charge in [-0.25, -0.2) is 0 Å². The van der Waals surface area contributed by atoms with E-state index in [1.54, 1.807) is 0 Å². The van der Waals surface area contributed by atoms with Crippen molar-refractivity contribution in [3.05, 3.63) is 29.3 Å². The lowest BCUT2D eigenvalue weighted by atomic mass is 9.99. The van der Waals surface area contributed by atoms with Crippen LogP contribution < -0.4 is 10.6 Å². The number of rotatable bonds is 4. The molecular weight excluding hydrogens is 244 g/mol. The van der Waals surface area contributed by atoms with Crippen LogP contribution in [0.4, 0.5) is 5.69 Å². The lowest BCUT2D eigenvalue weighted by molar-refractivity contribution is -0.136. The number of hydrogen-bond acceptors (Lipinski definition) is 3. The summed E-state index contributed by atoms with van der Waals surface area (Å²) in [7, 11) is 0. The second kappa shape index (κ2) is 5.65. The number of fused-ring (bicyclic) bond motifs is 1. The van der Waals surface area contributed by atoms with Gasteiger partial charge in [-0.3, -0.25) is 14.4 Å². The summed E-state index contributed by atoms with van der Waals surface area (Å²) in [5, 5.41) is 5.38. The van der Waals surface area contributed by atoms with Crippen molar-refractivity contribution in [3.8, 4) is 0 Å². The Kier molecular flexibility index (Phi) is 3.94. The smallest absolute Gasteiger partial charge is 0.287 e. The predicted octanol–water partition coefficient (Wildman–Crippen LogP) is 0.819. The van der Waals surface area contributed by atoms with Crippen molar-refractivity contribution in [2.45, 2.75) is 26.2 Å². The Bertz CT molecular complexity index is 537. The van der Waals surface area contributed by atoms with Crippen LogP contribution in [0.1, 0.15) is 24.5 Å². The van der Waals surface area contributed by atoms with Gasteiger partial charge in [-0.05, 0) is 30.0 Å². The van der Waals surface area contributed by atoms with E-state index in [2.05, 4.69) is 10.6 Å². The molecule has 1 aliphatic rings. The number of ketones is 1. The maximum absolute atomic E-state index is 11.2. The van der Waals surface area contributed by atoms with Gasteiger partial charge in [0.05, 0.1) is 0 Å². The number of Topliss-reactive ketones (excluding diaryl/α,β-unsaturated/α-hetero) is 1. The number of carbonyl (C=O) groups is 3. The molecule has 0 bridgehead atoms. The van der Waals surface area contributed by atoms with Gasteiger partial charge in [0.2, 0.25) is 11.7 Å². The number of nitrogens with one attached hydrogen (secondary N) is 2. The monoisotopic (exact) mass is 260 g/mol. The number of carbonyl (C=O) groups excluding carboxylic acids is 3. The van der Waals surface area contributed by atoms with Crippen LogP contribution in [0.2, 0.25) is 0 Å². The predicted molar refractivity (Wildman–Crippen MR) is 70.8 cm³/mol. The fourth-order valence-corrected chi connectivity index (χ4v) is 2.04. The van der Waals surface area contributed by atoms with Gasteiger partial charge in [0.15, 0.2) is 0 Å². The van der Waals surface area contributed by atoms with Gasteiger partial charge >= 0.3 is 0 Å². The third-order valence-electron chi connectivity index (χ3n) is 3.08. The van der Waals surface area contributed by atoms with Gasteiger partial charge in [-0.1, -0.05) is 12.1 Å². The Balaban J connectivity index is 1.94. The molecule has 19 heavy (non-hydrogen) atoms. The molecule has 0 atom stereocenters. The van der Waals surface area contributed by atoms with Gasteiger partial charge < -0.3 is 10.6 Å². The first-order chi connectivity index (χ1) is 9.06. The molecule has 0 saturated carbocycles. The molecule has 2 rings (SSSR count). The van der Waals surface area contributed by atoms with Crippen molar-refractivity contribution in [2.75, 3.05) is 11.9 Å². The van der Waals surface area contributed by atoms with Crippen molar-refractivity contribution in [1.29, 1.82) is 0 Å². The quantitative estimate of drug-likeness (QED) is 0.787. The van der Waals surface area contributed by atoms with Gasteiger partial charge in [0, 0.05) is 25.6 Å². The normalized spacial score (nSPS) is 13.4. The van der Waals surface area contributed by atoms with E-state index in [1.165, 1.54) is 6.92 Å². The van der Waals surface area contributed by atoms with E-state index in [-0.39, 0.29) is 5.91 Å². The molecule has 0 fully saturated rings. The number of hydrogen-bond donors (Lipinski definition) is 2. The highest BCUT2D eigenvalue weighted by molar-refractivity contribution is 6.35. The fraction of sp³-hybridized carbons (Fsp3) is 0.357. The van der Waals surface area contributed by atoms with E-state index in [9.17, 15) is 14.4 Å². The second-order valence-corrected chi connectivity index (χ2v) is 4.60. The Labute approximate surface area is 111 Å². The summed E-state index contributed by atoms with van der Waals surface area (Å²) >= 11 is 0. The SMILES string of the molecule is CC(=O)C(=O)NCCc1ccc2c(c1)CCC(=O)N2. The highest BCUT2D eigenvalue weighted by Gasteiger charge is 2.14. The summed E-state index contributed by atoms with van der Waals surface area (Å²) in [6, 6.07) is 5.84. The van der Waals surface area contributed by atoms with Crippen LogP contribution in [0, 0.1) is 0 Å². The summed E-state index contributed by atoms with van der Waals surface area (Å²) < 4.78 is 0. The van der Waals surface area contributed by atoms with Gasteiger partial charge in [-0.2, -0.15) is 0 Å². The number of aryl methyl sites for hydroxylation is 1. The van der Waals surface area contributed by atoms with Crippen LogP contribution in [0.25, 0.3) is 0 Å². The van der Waals surface area contributed by atoms with Crippen LogP contribution in [0.5, 0.6) is 0 Å². The molecular formula is C14H16N2O3. The Morgan fingerprint density at radius 3 is 2.84 bits per heavy atom. The van der Waals surface area contributed by atoms with E-state index in [0.29, 0.717) is 19.4 Å². The average Bonchev–Trinajstić information content (AvgIpc) is 2.38. The maximum Gasteiger partial charge on any atom is 0.287 e. The molecule has 0 radical (unpaired) electrons. The third-order valence-corrected chi connectivity index (χ3v) is 3.08. The molecule has 2 N–H and O–H groups in total. The van der Waals surface area contributed by atoms with Crippen LogP contribution in [0.15, 0.2) is 18.2 Å². The molecule has 5 heteroatoms. The highest BCUT2D eigenvalue weighted by atomic mass is 16.2. The van der Waals surface area contributed by atoms with Gasteiger partial charge in [0.1, 0.15) is 0 Å². The molecule has 1 aromatic rings. The van der Waals surface area contributed by atoms with Crippen LogP contribution >= 0.6 is 0 Å². The zero-order valence-electron chi connectivity index (χ0n) is 10.8. The lowest BCUT2D eigenvalue weighted by Gasteiger charge is -2.17. The van der Waals surface area contributed by atoms with Crippen molar-refractivity contribution in [3.63, 3.8) is 0 Å². The third kappa shape index (κ3) is 3.40. The average molecular weight is 260 g/mol. The van der Waals surface area contributed by atoms with Crippen molar-refractivity contribution < 1.29 is 14.4 Å². The van der Waals surface area contributed by atoms with Crippen LogP contribution in [0.3, 0.4) is 0 Å². The second-order valence-electron chi connectivity index (χ2n) is 4.60. The lowest BCUT2D eigenvalue weighted by Crippen LogP contribution is -2.30. The van der Waals surface area contributed by atoms with Crippen molar-refractivity contribution in [2.24, 2.45) is 0 Å². The molecule has 0 unspecified atom stereocenters. The molecule has 1 heterocycles. The first-order valence-corrected chi connectivity index (χ1v) is 6.26. The Morgan fingerprint density at radius 1 is 1.32 bits per heavy atom. The van der Waals surface area contributed by atoms with E-state index in [0.717, 1.165) is 23.2 Å². The van der Waals surface area contributed by atoms with Gasteiger partial charge in [0.25, 0.3) is 5.91 Å². The summed E-state index contributed by atoms with van der Waals surface area (Å²) in [4.78, 5) is 33.1. The molecule has 2 amide bonds. The molecule has 0 spiro atoms. The van der Waals surface area contributed by atoms with E-state index < -0.39 is 11.7 Å². The maximum atomic E-state index is 11.2. The topological polar surface area (TPSA) is 75.3 Å². The zero-order valence-corrected chi connectivity index (χ0v) is 10.8. The summed E-state index contributed by atoms with van der Waals surface area (Å²) in [5.41, 5.74) is 3.07. The van der Waals surface area contributed by atoms with Crippen LogP contribution in [-0.4, -0.2) is 24.1 Å². The molecule has 0 aromatic heterocycles. The van der Waals surface area contributed by atoms with Crippen molar-refractivity contribution in [1.82, 2.24) is 5.32 Å². The highest BCUT2D eigenvalue weighted by Crippen LogP contribution is 2.23. The molecule has 100 valence electrons. The first-order valence-electron chi connectivity index (χ1n) is 6.26. The zero-order chi connectivity index (χ0) is 13.8. The first kappa shape index (κ1) is 13.3. The molecule has 1 aromatic carbocycles. The molecule has 0 aliphatic carbocycles. The molecule has 0 saturated heterocycles. The van der Waals surface area contributed by atoms with E-state index in [4.69, 9.17) is 0 Å². The Morgan fingerprint density at radius 2 is 2.11 bits per heavy atom. The fourth-order valence-electron chi connectivity index (χ4n) is 2.04. The van der Waals surface area contributed by atoms with E-state index in [1.807, 2.05) is 18.2 Å². The largest absolute Gasteiger partial charge is 0.349 e. The van der Waals surface area contributed by atoms with E-state index >= 15 is 0 Å². The number of benzene rings is 1.